The number of H-pyrrole nitrogens is 1. The summed E-state index contributed by atoms with van der Waals surface area (Å²) in [7, 11) is 1.60. The summed E-state index contributed by atoms with van der Waals surface area (Å²) >= 11 is 0. The van der Waals surface area contributed by atoms with E-state index in [0.29, 0.717) is 35.0 Å². The number of benzene rings is 2. The predicted octanol–water partition coefficient (Wildman–Crippen LogP) is 5.11. The second kappa shape index (κ2) is 8.53. The Balaban J connectivity index is 1.80. The van der Waals surface area contributed by atoms with E-state index < -0.39 is 4.92 Å². The summed E-state index contributed by atoms with van der Waals surface area (Å²) in [6, 6.07) is 10.2. The van der Waals surface area contributed by atoms with Crippen molar-refractivity contribution in [1.82, 2.24) is 9.97 Å². The topological polar surface area (TPSA) is 90.3 Å². The second-order valence-electron chi connectivity index (χ2n) is 6.32. The van der Waals surface area contributed by atoms with Crippen LogP contribution in [0.2, 0.25) is 0 Å². The Hall–Kier alpha value is -3.09. The molecule has 2 aromatic carbocycles. The standard InChI is InChI=1S/C20H23N3O4/c1-3-4-5-6-11-27-18-10-7-14(12-19(18)26-2)20-21-16-9-8-15(23(24)25)13-17(16)22-20/h7-10,12-13H,3-6,11H2,1-2H3,(H,21,22). The third kappa shape index (κ3) is 4.36. The molecule has 0 aliphatic heterocycles. The number of aromatic nitrogens is 2. The number of hydrogen-bond acceptors (Lipinski definition) is 5. The Morgan fingerprint density at radius 2 is 1.96 bits per heavy atom. The summed E-state index contributed by atoms with van der Waals surface area (Å²) in [5.41, 5.74) is 2.14. The van der Waals surface area contributed by atoms with Crippen molar-refractivity contribution in [2.24, 2.45) is 0 Å². The van der Waals surface area contributed by atoms with E-state index in [1.807, 2.05) is 18.2 Å². The maximum absolute atomic E-state index is 10.9. The molecule has 1 aromatic heterocycles. The van der Waals surface area contributed by atoms with Gasteiger partial charge < -0.3 is 14.5 Å². The Morgan fingerprint density at radius 1 is 1.11 bits per heavy atom. The zero-order valence-electron chi connectivity index (χ0n) is 15.5. The van der Waals surface area contributed by atoms with Crippen LogP contribution in [0.25, 0.3) is 22.4 Å². The van der Waals surface area contributed by atoms with Crippen LogP contribution in [0.4, 0.5) is 5.69 Å². The third-order valence-corrected chi connectivity index (χ3v) is 4.37. The van der Waals surface area contributed by atoms with Crippen molar-refractivity contribution in [3.63, 3.8) is 0 Å². The van der Waals surface area contributed by atoms with E-state index in [0.717, 1.165) is 18.4 Å². The van der Waals surface area contributed by atoms with Gasteiger partial charge >= 0.3 is 0 Å². The summed E-state index contributed by atoms with van der Waals surface area (Å²) in [4.78, 5) is 18.1. The van der Waals surface area contributed by atoms with Crippen molar-refractivity contribution in [3.8, 4) is 22.9 Å². The molecule has 0 aliphatic carbocycles. The summed E-state index contributed by atoms with van der Waals surface area (Å²) in [5.74, 6) is 1.96. The molecule has 0 atom stereocenters. The van der Waals surface area contributed by atoms with E-state index >= 15 is 0 Å². The number of methoxy groups -OCH3 is 1. The molecule has 142 valence electrons. The van der Waals surface area contributed by atoms with Crippen LogP contribution in [0.15, 0.2) is 36.4 Å². The number of nitro benzene ring substituents is 1. The first-order valence-corrected chi connectivity index (χ1v) is 9.07. The van der Waals surface area contributed by atoms with Crippen molar-refractivity contribution in [3.05, 3.63) is 46.5 Å². The first-order valence-electron chi connectivity index (χ1n) is 9.07. The highest BCUT2D eigenvalue weighted by Gasteiger charge is 2.13. The zero-order chi connectivity index (χ0) is 19.2. The van der Waals surface area contributed by atoms with Gasteiger partial charge in [-0.25, -0.2) is 4.98 Å². The number of nitrogens with zero attached hydrogens (tertiary/aromatic N) is 2. The maximum atomic E-state index is 10.9. The van der Waals surface area contributed by atoms with Crippen molar-refractivity contribution >= 4 is 16.7 Å². The van der Waals surface area contributed by atoms with Gasteiger partial charge in [0.25, 0.3) is 5.69 Å². The lowest BCUT2D eigenvalue weighted by Crippen LogP contribution is -1.99. The molecule has 0 spiro atoms. The zero-order valence-corrected chi connectivity index (χ0v) is 15.5. The highest BCUT2D eigenvalue weighted by molar-refractivity contribution is 5.81. The van der Waals surface area contributed by atoms with Gasteiger partial charge in [0.15, 0.2) is 11.5 Å². The number of ether oxygens (including phenoxy) is 2. The molecule has 0 radical (unpaired) electrons. The number of imidazole rings is 1. The molecule has 0 saturated carbocycles. The SMILES string of the molecule is CCCCCCOc1ccc(-c2nc3ccc([N+](=O)[O-])cc3[nH]2)cc1OC. The fourth-order valence-electron chi connectivity index (χ4n) is 2.89. The minimum absolute atomic E-state index is 0.0297. The largest absolute Gasteiger partial charge is 0.493 e. The monoisotopic (exact) mass is 369 g/mol. The van der Waals surface area contributed by atoms with Gasteiger partial charge in [-0.2, -0.15) is 0 Å². The lowest BCUT2D eigenvalue weighted by atomic mass is 10.2. The molecule has 1 heterocycles. The maximum Gasteiger partial charge on any atom is 0.271 e. The molecular formula is C20H23N3O4. The molecular weight excluding hydrogens is 346 g/mol. The first-order chi connectivity index (χ1) is 13.1. The van der Waals surface area contributed by atoms with Gasteiger partial charge in [0.1, 0.15) is 5.82 Å². The molecule has 27 heavy (non-hydrogen) atoms. The van der Waals surface area contributed by atoms with E-state index in [1.165, 1.54) is 25.0 Å². The van der Waals surface area contributed by atoms with Crippen LogP contribution >= 0.6 is 0 Å². The minimum atomic E-state index is -0.421. The molecule has 3 aromatic rings. The van der Waals surface area contributed by atoms with E-state index in [4.69, 9.17) is 9.47 Å². The van der Waals surface area contributed by atoms with Crippen LogP contribution in [0.1, 0.15) is 32.6 Å². The fraction of sp³-hybridized carbons (Fsp3) is 0.350. The van der Waals surface area contributed by atoms with Crippen molar-refractivity contribution in [2.75, 3.05) is 13.7 Å². The van der Waals surface area contributed by atoms with Gasteiger partial charge in [0.2, 0.25) is 0 Å². The summed E-state index contributed by atoms with van der Waals surface area (Å²) < 4.78 is 11.3. The highest BCUT2D eigenvalue weighted by Crippen LogP contribution is 2.33. The summed E-state index contributed by atoms with van der Waals surface area (Å²) in [6.07, 6.45) is 4.57. The first kappa shape index (κ1) is 18.7. The van der Waals surface area contributed by atoms with Crippen LogP contribution in [0.5, 0.6) is 11.5 Å². The predicted molar refractivity (Wildman–Crippen MR) is 104 cm³/mol. The molecule has 0 aliphatic rings. The van der Waals surface area contributed by atoms with Crippen molar-refractivity contribution in [1.29, 1.82) is 0 Å². The van der Waals surface area contributed by atoms with Gasteiger partial charge in [0, 0.05) is 17.7 Å². The lowest BCUT2D eigenvalue weighted by Gasteiger charge is -2.11. The summed E-state index contributed by atoms with van der Waals surface area (Å²) in [6.45, 7) is 2.84. The number of non-ortho nitro benzene ring substituents is 1. The Labute approximate surface area is 157 Å². The molecule has 1 N–H and O–H groups in total. The molecule has 0 unspecified atom stereocenters. The van der Waals surface area contributed by atoms with E-state index in [9.17, 15) is 10.1 Å². The van der Waals surface area contributed by atoms with E-state index in [-0.39, 0.29) is 5.69 Å². The Kier molecular flexibility index (Phi) is 5.90. The molecule has 0 bridgehead atoms. The molecule has 3 rings (SSSR count). The molecule has 7 nitrogen and oxygen atoms in total. The fourth-order valence-corrected chi connectivity index (χ4v) is 2.89. The Bertz CT molecular complexity index is 936. The van der Waals surface area contributed by atoms with Gasteiger partial charge in [-0.1, -0.05) is 26.2 Å². The van der Waals surface area contributed by atoms with E-state index in [2.05, 4.69) is 16.9 Å². The quantitative estimate of drug-likeness (QED) is 0.322. The van der Waals surface area contributed by atoms with Crippen LogP contribution in [-0.4, -0.2) is 28.6 Å². The summed E-state index contributed by atoms with van der Waals surface area (Å²) in [5, 5.41) is 10.9. The third-order valence-electron chi connectivity index (χ3n) is 4.37. The number of aromatic amines is 1. The number of hydrogen-bond donors (Lipinski definition) is 1. The molecule has 0 fully saturated rings. The van der Waals surface area contributed by atoms with Crippen LogP contribution in [0, 0.1) is 10.1 Å². The molecule has 0 amide bonds. The molecule has 7 heteroatoms. The van der Waals surface area contributed by atoms with Crippen molar-refractivity contribution in [2.45, 2.75) is 32.6 Å². The number of nitro groups is 1. The number of rotatable bonds is 9. The van der Waals surface area contributed by atoms with E-state index in [1.54, 1.807) is 13.2 Å². The van der Waals surface area contributed by atoms with Crippen LogP contribution in [-0.2, 0) is 0 Å². The van der Waals surface area contributed by atoms with Gasteiger partial charge in [-0.05, 0) is 30.7 Å². The van der Waals surface area contributed by atoms with Crippen molar-refractivity contribution < 1.29 is 14.4 Å². The highest BCUT2D eigenvalue weighted by atomic mass is 16.6. The van der Waals surface area contributed by atoms with Gasteiger partial charge in [-0.15, -0.1) is 0 Å². The second-order valence-corrected chi connectivity index (χ2v) is 6.32. The number of nitrogens with one attached hydrogen (secondary N) is 1. The molecule has 0 saturated heterocycles. The number of fused-ring (bicyclic) bond motifs is 1. The van der Waals surface area contributed by atoms with Gasteiger partial charge in [0.05, 0.1) is 29.7 Å². The number of unbranched alkanes of at least 4 members (excludes halogenated alkanes) is 3. The smallest absolute Gasteiger partial charge is 0.271 e. The normalized spacial score (nSPS) is 10.9. The average molecular weight is 369 g/mol. The van der Waals surface area contributed by atoms with Crippen LogP contribution in [0.3, 0.4) is 0 Å². The Morgan fingerprint density at radius 3 is 2.70 bits per heavy atom. The van der Waals surface area contributed by atoms with Gasteiger partial charge in [-0.3, -0.25) is 10.1 Å². The minimum Gasteiger partial charge on any atom is -0.493 e. The average Bonchev–Trinajstić information content (AvgIpc) is 3.11. The van der Waals surface area contributed by atoms with Crippen LogP contribution < -0.4 is 9.47 Å². The lowest BCUT2D eigenvalue weighted by molar-refractivity contribution is -0.384.